The third kappa shape index (κ3) is 3.52. The Labute approximate surface area is 152 Å². The summed E-state index contributed by atoms with van der Waals surface area (Å²) in [6.45, 7) is 0. The number of carbonyl (C=O) groups excluding carboxylic acids is 1. The van der Waals surface area contributed by atoms with Gasteiger partial charge in [0, 0.05) is 10.6 Å². The van der Waals surface area contributed by atoms with Crippen molar-refractivity contribution in [3.05, 3.63) is 69.0 Å². The van der Waals surface area contributed by atoms with E-state index in [1.54, 1.807) is 12.1 Å². The van der Waals surface area contributed by atoms with Crippen LogP contribution in [0.4, 0.5) is 0 Å². The first kappa shape index (κ1) is 17.5. The van der Waals surface area contributed by atoms with Crippen molar-refractivity contribution in [2.24, 2.45) is 5.10 Å². The van der Waals surface area contributed by atoms with Crippen LogP contribution in [0.25, 0.3) is 11.0 Å². The predicted octanol–water partition coefficient (Wildman–Crippen LogP) is 2.92. The summed E-state index contributed by atoms with van der Waals surface area (Å²) in [5.41, 5.74) is 2.76. The van der Waals surface area contributed by atoms with Gasteiger partial charge in [-0.2, -0.15) is 5.10 Å². The molecule has 3 rings (SSSR count). The van der Waals surface area contributed by atoms with E-state index in [0.29, 0.717) is 16.0 Å². The number of halogens is 1. The molecule has 0 radical (unpaired) electrons. The van der Waals surface area contributed by atoms with Crippen LogP contribution in [0, 0.1) is 0 Å². The average Bonchev–Trinajstić information content (AvgIpc) is 2.64. The second-order valence-corrected chi connectivity index (χ2v) is 5.68. The number of fused-ring (bicyclic) bond motifs is 1. The highest BCUT2D eigenvalue weighted by Gasteiger charge is 2.10. The lowest BCUT2D eigenvalue weighted by Gasteiger charge is -2.05. The molecule has 0 saturated heterocycles. The topological polar surface area (TPSA) is 101 Å². The number of aromatic hydroxyl groups is 1. The minimum Gasteiger partial charge on any atom is -0.504 e. The summed E-state index contributed by atoms with van der Waals surface area (Å²) in [6, 6.07) is 8.83. The Morgan fingerprint density at radius 3 is 2.88 bits per heavy atom. The zero-order valence-electron chi connectivity index (χ0n) is 13.5. The van der Waals surface area contributed by atoms with Crippen molar-refractivity contribution in [3.8, 4) is 11.5 Å². The van der Waals surface area contributed by atoms with E-state index in [2.05, 4.69) is 10.5 Å². The van der Waals surface area contributed by atoms with Gasteiger partial charge >= 0.3 is 0 Å². The van der Waals surface area contributed by atoms with Gasteiger partial charge in [-0.05, 0) is 36.4 Å². The number of methoxy groups -OCH3 is 1. The zero-order valence-corrected chi connectivity index (χ0v) is 14.3. The van der Waals surface area contributed by atoms with Crippen LogP contribution in [-0.4, -0.2) is 24.3 Å². The molecule has 2 N–H and O–H groups in total. The summed E-state index contributed by atoms with van der Waals surface area (Å²) in [7, 11) is 1.38. The van der Waals surface area contributed by atoms with E-state index in [1.807, 2.05) is 0 Å². The normalized spacial score (nSPS) is 11.0. The fraction of sp³-hybridized carbons (Fsp3) is 0.0556. The highest BCUT2D eigenvalue weighted by atomic mass is 35.5. The van der Waals surface area contributed by atoms with Crippen LogP contribution in [0.15, 0.2) is 57.0 Å². The number of hydrogen-bond donors (Lipinski definition) is 2. The maximum Gasteiger partial charge on any atom is 0.271 e. The van der Waals surface area contributed by atoms with Crippen molar-refractivity contribution < 1.29 is 19.1 Å². The molecule has 1 heterocycles. The van der Waals surface area contributed by atoms with Gasteiger partial charge in [0.2, 0.25) is 5.43 Å². The van der Waals surface area contributed by atoms with Gasteiger partial charge < -0.3 is 14.3 Å². The van der Waals surface area contributed by atoms with E-state index >= 15 is 0 Å². The number of hydrogen-bond acceptors (Lipinski definition) is 6. The second kappa shape index (κ2) is 7.28. The molecule has 0 atom stereocenters. The van der Waals surface area contributed by atoms with Gasteiger partial charge in [0.1, 0.15) is 11.8 Å². The van der Waals surface area contributed by atoms with Crippen LogP contribution in [0.1, 0.15) is 15.9 Å². The molecule has 1 amide bonds. The van der Waals surface area contributed by atoms with Crippen LogP contribution < -0.4 is 15.6 Å². The van der Waals surface area contributed by atoms with E-state index in [9.17, 15) is 14.7 Å². The van der Waals surface area contributed by atoms with E-state index < -0.39 is 5.91 Å². The van der Waals surface area contributed by atoms with Crippen molar-refractivity contribution in [1.82, 2.24) is 5.43 Å². The first-order chi connectivity index (χ1) is 12.5. The fourth-order valence-corrected chi connectivity index (χ4v) is 2.42. The third-order valence-corrected chi connectivity index (χ3v) is 3.81. The molecule has 7 nitrogen and oxygen atoms in total. The predicted molar refractivity (Wildman–Crippen MR) is 97.2 cm³/mol. The number of rotatable bonds is 4. The van der Waals surface area contributed by atoms with E-state index in [4.69, 9.17) is 20.8 Å². The molecule has 0 fully saturated rings. The molecule has 0 bridgehead atoms. The molecular formula is C18H13ClN2O5. The van der Waals surface area contributed by atoms with Crippen LogP contribution in [-0.2, 0) is 0 Å². The molecule has 1 aromatic heterocycles. The first-order valence-corrected chi connectivity index (χ1v) is 7.79. The number of nitrogens with one attached hydrogen (secondary N) is 1. The summed E-state index contributed by atoms with van der Waals surface area (Å²) >= 11 is 5.89. The van der Waals surface area contributed by atoms with Gasteiger partial charge in [0.05, 0.1) is 24.3 Å². The molecule has 132 valence electrons. The molecule has 0 saturated carbocycles. The Morgan fingerprint density at radius 2 is 2.12 bits per heavy atom. The van der Waals surface area contributed by atoms with Crippen LogP contribution in [0.2, 0.25) is 5.02 Å². The lowest BCUT2D eigenvalue weighted by atomic mass is 10.2. The summed E-state index contributed by atoms with van der Waals surface area (Å²) in [6.07, 6.45) is 2.43. The van der Waals surface area contributed by atoms with Gasteiger partial charge in [-0.15, -0.1) is 0 Å². The van der Waals surface area contributed by atoms with Gasteiger partial charge in [-0.1, -0.05) is 11.6 Å². The smallest absolute Gasteiger partial charge is 0.271 e. The van der Waals surface area contributed by atoms with E-state index in [1.165, 1.54) is 43.9 Å². The highest BCUT2D eigenvalue weighted by molar-refractivity contribution is 6.31. The molecule has 0 spiro atoms. The number of carbonyl (C=O) groups is 1. The standard InChI is InChI=1S/C18H13ClN2O5/c1-25-16-6-10(2-4-14(16)22)18(24)21-20-8-11-9-26-15-5-3-12(19)7-13(15)17(11)23/h2-9,22H,1H3,(H,21,24)/b20-8+. The van der Waals surface area contributed by atoms with E-state index in [0.717, 1.165) is 0 Å². The van der Waals surface area contributed by atoms with Crippen molar-refractivity contribution >= 4 is 34.7 Å². The monoisotopic (exact) mass is 372 g/mol. The molecule has 8 heteroatoms. The third-order valence-electron chi connectivity index (χ3n) is 3.57. The summed E-state index contributed by atoms with van der Waals surface area (Å²) in [5, 5.41) is 14.0. The fourth-order valence-electron chi connectivity index (χ4n) is 2.25. The largest absolute Gasteiger partial charge is 0.504 e. The molecule has 0 aliphatic rings. The number of phenols is 1. The number of phenolic OH excluding ortho intramolecular Hbond substituents is 1. The van der Waals surface area contributed by atoms with Crippen molar-refractivity contribution in [3.63, 3.8) is 0 Å². The molecule has 0 unspecified atom stereocenters. The maximum absolute atomic E-state index is 12.4. The molecule has 3 aromatic rings. The minimum atomic E-state index is -0.534. The Kier molecular flexibility index (Phi) is 4.90. The number of amides is 1. The highest BCUT2D eigenvalue weighted by Crippen LogP contribution is 2.26. The van der Waals surface area contributed by atoms with Crippen molar-refractivity contribution in [1.29, 1.82) is 0 Å². The number of benzene rings is 2. The summed E-state index contributed by atoms with van der Waals surface area (Å²) in [5.74, 6) is -0.457. The van der Waals surface area contributed by atoms with Gasteiger partial charge in [0.15, 0.2) is 11.5 Å². The lowest BCUT2D eigenvalue weighted by molar-refractivity contribution is 0.0954. The SMILES string of the molecule is COc1cc(C(=O)N/N=C/c2coc3ccc(Cl)cc3c2=O)ccc1O. The Morgan fingerprint density at radius 1 is 1.31 bits per heavy atom. The average molecular weight is 373 g/mol. The Bertz CT molecular complexity index is 1070. The van der Waals surface area contributed by atoms with Gasteiger partial charge in [-0.3, -0.25) is 9.59 Å². The van der Waals surface area contributed by atoms with Gasteiger partial charge in [0.25, 0.3) is 5.91 Å². The maximum atomic E-state index is 12.4. The van der Waals surface area contributed by atoms with E-state index in [-0.39, 0.29) is 28.1 Å². The second-order valence-electron chi connectivity index (χ2n) is 5.25. The summed E-state index contributed by atoms with van der Waals surface area (Å²) < 4.78 is 10.3. The minimum absolute atomic E-state index is 0.0833. The summed E-state index contributed by atoms with van der Waals surface area (Å²) in [4.78, 5) is 24.5. The molecule has 26 heavy (non-hydrogen) atoms. The van der Waals surface area contributed by atoms with Crippen LogP contribution >= 0.6 is 11.6 Å². The van der Waals surface area contributed by atoms with Crippen LogP contribution in [0.5, 0.6) is 11.5 Å². The number of nitrogens with zero attached hydrogens (tertiary/aromatic N) is 1. The van der Waals surface area contributed by atoms with Crippen LogP contribution in [0.3, 0.4) is 0 Å². The van der Waals surface area contributed by atoms with Crippen molar-refractivity contribution in [2.75, 3.05) is 7.11 Å². The molecular weight excluding hydrogens is 360 g/mol. The van der Waals surface area contributed by atoms with Crippen molar-refractivity contribution in [2.45, 2.75) is 0 Å². The Hall–Kier alpha value is -3.32. The van der Waals surface area contributed by atoms with Gasteiger partial charge in [-0.25, -0.2) is 5.43 Å². The molecule has 0 aliphatic carbocycles. The lowest BCUT2D eigenvalue weighted by Crippen LogP contribution is -2.18. The number of hydrazone groups is 1. The number of ether oxygens (including phenoxy) is 1. The molecule has 0 aliphatic heterocycles. The quantitative estimate of drug-likeness (QED) is 0.541. The zero-order chi connectivity index (χ0) is 18.7. The Balaban J connectivity index is 1.80. The first-order valence-electron chi connectivity index (χ1n) is 7.41. The molecule has 2 aromatic carbocycles.